The molecule has 2 aromatic carbocycles. The van der Waals surface area contributed by atoms with Gasteiger partial charge in [-0.05, 0) is 47.3 Å². The van der Waals surface area contributed by atoms with Crippen LogP contribution < -0.4 is 9.47 Å². The Kier molecular flexibility index (Phi) is 4.43. The van der Waals surface area contributed by atoms with Gasteiger partial charge in [0.05, 0.1) is 7.11 Å². The number of rotatable bonds is 6. The van der Waals surface area contributed by atoms with Gasteiger partial charge in [0, 0.05) is 6.54 Å². The van der Waals surface area contributed by atoms with Crippen LogP contribution in [0, 0.1) is 4.77 Å². The Morgan fingerprint density at radius 1 is 1.22 bits per heavy atom. The molecule has 5 nitrogen and oxygen atoms in total. The molecule has 0 unspecified atom stereocenters. The fourth-order valence-corrected chi connectivity index (χ4v) is 2.57. The van der Waals surface area contributed by atoms with Crippen molar-refractivity contribution in [3.05, 3.63) is 59.6 Å². The molecule has 1 heterocycles. The second-order valence-corrected chi connectivity index (χ2v) is 5.39. The Balaban J connectivity index is 1.81. The molecule has 0 saturated heterocycles. The largest absolute Gasteiger partial charge is 0.497 e. The van der Waals surface area contributed by atoms with E-state index < -0.39 is 0 Å². The number of aromatic nitrogens is 3. The average Bonchev–Trinajstić information content (AvgIpc) is 2.93. The van der Waals surface area contributed by atoms with Crippen molar-refractivity contribution in [2.45, 2.75) is 13.2 Å². The van der Waals surface area contributed by atoms with E-state index in [9.17, 15) is 0 Å². The van der Waals surface area contributed by atoms with Crippen LogP contribution in [0.5, 0.6) is 11.5 Å². The molecular formula is C17H17N3O2S. The second-order valence-electron chi connectivity index (χ2n) is 5.01. The van der Waals surface area contributed by atoms with E-state index in [1.54, 1.807) is 13.2 Å². The van der Waals surface area contributed by atoms with Crippen LogP contribution >= 0.6 is 12.2 Å². The van der Waals surface area contributed by atoms with Gasteiger partial charge in [0.25, 0.3) is 0 Å². The van der Waals surface area contributed by atoms with Crippen LogP contribution in [0.1, 0.15) is 5.82 Å². The highest BCUT2D eigenvalue weighted by Gasteiger charge is 2.06. The number of nitrogens with zero attached hydrogens (tertiary/aromatic N) is 2. The average molecular weight is 327 g/mol. The fourth-order valence-electron chi connectivity index (χ4n) is 2.35. The normalized spacial score (nSPS) is 10.7. The minimum atomic E-state index is 0.330. The summed E-state index contributed by atoms with van der Waals surface area (Å²) in [7, 11) is 1.66. The van der Waals surface area contributed by atoms with Crippen LogP contribution in [0.3, 0.4) is 0 Å². The van der Waals surface area contributed by atoms with E-state index in [1.165, 1.54) is 0 Å². The lowest BCUT2D eigenvalue weighted by atomic mass is 10.1. The van der Waals surface area contributed by atoms with Crippen molar-refractivity contribution in [3.8, 4) is 11.5 Å². The van der Waals surface area contributed by atoms with Crippen molar-refractivity contribution < 1.29 is 9.47 Å². The van der Waals surface area contributed by atoms with Crippen molar-refractivity contribution in [1.29, 1.82) is 0 Å². The highest BCUT2D eigenvalue weighted by Crippen LogP contribution is 2.25. The maximum Gasteiger partial charge on any atom is 0.195 e. The van der Waals surface area contributed by atoms with E-state index in [0.717, 1.165) is 28.1 Å². The van der Waals surface area contributed by atoms with E-state index in [2.05, 4.69) is 16.8 Å². The highest BCUT2D eigenvalue weighted by molar-refractivity contribution is 7.71. The molecule has 23 heavy (non-hydrogen) atoms. The predicted molar refractivity (Wildman–Crippen MR) is 92.4 cm³/mol. The van der Waals surface area contributed by atoms with Crippen LogP contribution in [0.25, 0.3) is 10.8 Å². The van der Waals surface area contributed by atoms with Crippen LogP contribution in [0.2, 0.25) is 0 Å². The van der Waals surface area contributed by atoms with Gasteiger partial charge in [-0.2, -0.15) is 5.10 Å². The Hall–Kier alpha value is -2.60. The Labute approximate surface area is 139 Å². The first-order valence-corrected chi connectivity index (χ1v) is 7.57. The monoisotopic (exact) mass is 327 g/mol. The number of methoxy groups -OCH3 is 1. The van der Waals surface area contributed by atoms with Crippen molar-refractivity contribution >= 4 is 23.0 Å². The van der Waals surface area contributed by atoms with E-state index in [-0.39, 0.29) is 0 Å². The molecule has 0 aliphatic rings. The first-order chi connectivity index (χ1) is 11.2. The van der Waals surface area contributed by atoms with Crippen LogP contribution in [0.4, 0.5) is 0 Å². The summed E-state index contributed by atoms with van der Waals surface area (Å²) in [4.78, 5) is 0. The summed E-state index contributed by atoms with van der Waals surface area (Å²) in [5.41, 5.74) is 0. The van der Waals surface area contributed by atoms with Crippen LogP contribution in [0.15, 0.2) is 49.1 Å². The summed E-state index contributed by atoms with van der Waals surface area (Å²) in [6, 6.07) is 11.9. The number of nitrogens with one attached hydrogen (secondary N) is 1. The summed E-state index contributed by atoms with van der Waals surface area (Å²) in [6.07, 6.45) is 1.77. The van der Waals surface area contributed by atoms with Gasteiger partial charge in [0.15, 0.2) is 10.6 Å². The van der Waals surface area contributed by atoms with Crippen molar-refractivity contribution in [1.82, 2.24) is 14.8 Å². The number of allylic oxidation sites excluding steroid dienone is 1. The smallest absolute Gasteiger partial charge is 0.195 e. The van der Waals surface area contributed by atoms with Gasteiger partial charge in [-0.15, -0.1) is 6.58 Å². The Bertz CT molecular complexity index is 898. The van der Waals surface area contributed by atoms with Gasteiger partial charge in [-0.3, -0.25) is 9.67 Å². The van der Waals surface area contributed by atoms with Crippen LogP contribution in [-0.4, -0.2) is 21.9 Å². The second kappa shape index (κ2) is 6.66. The van der Waals surface area contributed by atoms with Gasteiger partial charge in [0.1, 0.15) is 18.1 Å². The summed E-state index contributed by atoms with van der Waals surface area (Å²) in [5.74, 6) is 2.33. The summed E-state index contributed by atoms with van der Waals surface area (Å²) in [5, 5.41) is 9.16. The number of H-pyrrole nitrogens is 1. The van der Waals surface area contributed by atoms with E-state index in [1.807, 2.05) is 41.0 Å². The molecular weight excluding hydrogens is 310 g/mol. The number of fused-ring (bicyclic) bond motifs is 1. The van der Waals surface area contributed by atoms with Gasteiger partial charge in [-0.1, -0.05) is 18.2 Å². The molecule has 1 aromatic heterocycles. The first kappa shape index (κ1) is 15.3. The zero-order valence-corrected chi connectivity index (χ0v) is 13.6. The molecule has 3 aromatic rings. The van der Waals surface area contributed by atoms with Crippen LogP contribution in [-0.2, 0) is 13.2 Å². The van der Waals surface area contributed by atoms with Crippen molar-refractivity contribution in [3.63, 3.8) is 0 Å². The number of ether oxygens (including phenoxy) is 2. The molecule has 0 spiro atoms. The van der Waals surface area contributed by atoms with E-state index >= 15 is 0 Å². The SMILES string of the molecule is C=CCn1c(COc2ccc3ccc(OC)cc3c2)n[nH]c1=S. The quantitative estimate of drug-likeness (QED) is 0.551. The van der Waals surface area contributed by atoms with E-state index in [0.29, 0.717) is 17.9 Å². The maximum atomic E-state index is 5.85. The Morgan fingerprint density at radius 3 is 2.70 bits per heavy atom. The zero-order chi connectivity index (χ0) is 16.2. The number of hydrogen-bond donors (Lipinski definition) is 1. The molecule has 0 atom stereocenters. The predicted octanol–water partition coefficient (Wildman–Crippen LogP) is 3.87. The van der Waals surface area contributed by atoms with Gasteiger partial charge >= 0.3 is 0 Å². The third kappa shape index (κ3) is 3.27. The zero-order valence-electron chi connectivity index (χ0n) is 12.8. The fraction of sp³-hybridized carbons (Fsp3) is 0.176. The molecule has 0 aliphatic heterocycles. The third-order valence-electron chi connectivity index (χ3n) is 3.54. The van der Waals surface area contributed by atoms with Gasteiger partial charge in [0.2, 0.25) is 0 Å². The molecule has 0 aliphatic carbocycles. The lowest BCUT2D eigenvalue weighted by molar-refractivity contribution is 0.290. The molecule has 0 saturated carbocycles. The minimum absolute atomic E-state index is 0.330. The van der Waals surface area contributed by atoms with Crippen molar-refractivity contribution in [2.75, 3.05) is 7.11 Å². The third-order valence-corrected chi connectivity index (χ3v) is 3.85. The topological polar surface area (TPSA) is 52.1 Å². The standard InChI is InChI=1S/C17H17N3O2S/c1-3-8-20-16(18-19-17(20)23)11-22-15-7-5-12-4-6-14(21-2)9-13(12)10-15/h3-7,9-10H,1,8,11H2,2H3,(H,19,23). The number of benzene rings is 2. The molecule has 0 fully saturated rings. The Morgan fingerprint density at radius 2 is 1.96 bits per heavy atom. The van der Waals surface area contributed by atoms with E-state index in [4.69, 9.17) is 21.7 Å². The molecule has 0 bridgehead atoms. The summed E-state index contributed by atoms with van der Waals surface area (Å²) < 4.78 is 13.5. The van der Waals surface area contributed by atoms with Gasteiger partial charge in [-0.25, -0.2) is 0 Å². The first-order valence-electron chi connectivity index (χ1n) is 7.17. The molecule has 6 heteroatoms. The molecule has 1 N–H and O–H groups in total. The minimum Gasteiger partial charge on any atom is -0.497 e. The maximum absolute atomic E-state index is 5.85. The lowest BCUT2D eigenvalue weighted by Gasteiger charge is -2.08. The summed E-state index contributed by atoms with van der Waals surface area (Å²) in [6.45, 7) is 4.66. The molecule has 3 rings (SSSR count). The molecule has 0 radical (unpaired) electrons. The molecule has 0 amide bonds. The van der Waals surface area contributed by atoms with Crippen molar-refractivity contribution in [2.24, 2.45) is 0 Å². The number of hydrogen-bond acceptors (Lipinski definition) is 4. The molecule has 118 valence electrons. The summed E-state index contributed by atoms with van der Waals surface area (Å²) >= 11 is 5.19. The number of aromatic amines is 1. The van der Waals surface area contributed by atoms with Gasteiger partial charge < -0.3 is 9.47 Å². The lowest BCUT2D eigenvalue weighted by Crippen LogP contribution is -2.06. The highest BCUT2D eigenvalue weighted by atomic mass is 32.1.